The highest BCUT2D eigenvalue weighted by Gasteiger charge is 2.23. The van der Waals surface area contributed by atoms with E-state index in [2.05, 4.69) is 36.1 Å². The van der Waals surface area contributed by atoms with E-state index < -0.39 is 0 Å². The Morgan fingerprint density at radius 1 is 1.21 bits per heavy atom. The van der Waals surface area contributed by atoms with Crippen molar-refractivity contribution in [1.82, 2.24) is 9.80 Å². The van der Waals surface area contributed by atoms with Crippen LogP contribution in [0.25, 0.3) is 0 Å². The quantitative estimate of drug-likeness (QED) is 0.801. The zero-order chi connectivity index (χ0) is 13.0. The number of benzene rings is 1. The second kappa shape index (κ2) is 7.73. The highest BCUT2D eigenvalue weighted by Crippen LogP contribution is 2.21. The predicted octanol–water partition coefficient (Wildman–Crippen LogP) is 2.55. The molecule has 1 aromatic rings. The molecule has 0 bridgehead atoms. The first kappa shape index (κ1) is 16.3. The van der Waals surface area contributed by atoms with Gasteiger partial charge in [0.05, 0.1) is 0 Å². The van der Waals surface area contributed by atoms with Crippen molar-refractivity contribution in [3.63, 3.8) is 0 Å². The smallest absolute Gasteiger partial charge is 0.237 e. The molecule has 0 saturated carbocycles. The molecular weight excluding hydrogens is 283 g/mol. The minimum absolute atomic E-state index is 0. The number of hydrogen-bond donors (Lipinski definition) is 0. The van der Waals surface area contributed by atoms with Gasteiger partial charge in [-0.2, -0.15) is 0 Å². The maximum atomic E-state index is 11.5. The van der Waals surface area contributed by atoms with Gasteiger partial charge >= 0.3 is 0 Å². The first-order valence-electron chi connectivity index (χ1n) is 6.35. The van der Waals surface area contributed by atoms with Gasteiger partial charge in [-0.3, -0.25) is 9.69 Å². The van der Waals surface area contributed by atoms with Crippen LogP contribution in [0.4, 0.5) is 0 Å². The Hall–Kier alpha value is -0.770. The minimum Gasteiger partial charge on any atom is -0.339 e. The normalized spacial score (nSPS) is 17.7. The minimum atomic E-state index is 0. The van der Waals surface area contributed by atoms with Crippen molar-refractivity contribution in [1.29, 1.82) is 0 Å². The molecule has 1 aliphatic heterocycles. The molecule has 0 N–H and O–H groups in total. The lowest BCUT2D eigenvalue weighted by Crippen LogP contribution is -2.49. The number of carbonyl (C=O) groups is 1. The SMILES string of the molecule is CC(c1ccccc1)N1CCN(C(=O)CCl)CC1.Cl. The fourth-order valence-electron chi connectivity index (χ4n) is 2.39. The zero-order valence-electron chi connectivity index (χ0n) is 11.1. The Bertz CT molecular complexity index is 392. The van der Waals surface area contributed by atoms with E-state index in [1.165, 1.54) is 5.56 Å². The highest BCUT2D eigenvalue weighted by atomic mass is 35.5. The topological polar surface area (TPSA) is 23.6 Å². The molecule has 5 heteroatoms. The summed E-state index contributed by atoms with van der Waals surface area (Å²) >= 11 is 5.58. The van der Waals surface area contributed by atoms with Crippen LogP contribution in [-0.2, 0) is 4.79 Å². The molecule has 1 heterocycles. The van der Waals surface area contributed by atoms with E-state index in [0.717, 1.165) is 26.2 Å². The fourth-order valence-corrected chi connectivity index (χ4v) is 2.55. The summed E-state index contributed by atoms with van der Waals surface area (Å²) < 4.78 is 0. The molecule has 0 spiro atoms. The van der Waals surface area contributed by atoms with Crippen molar-refractivity contribution in [3.8, 4) is 0 Å². The molecule has 1 unspecified atom stereocenters. The van der Waals surface area contributed by atoms with Gasteiger partial charge in [-0.1, -0.05) is 30.3 Å². The summed E-state index contributed by atoms with van der Waals surface area (Å²) in [5.41, 5.74) is 1.33. The molecule has 19 heavy (non-hydrogen) atoms. The molecule has 106 valence electrons. The summed E-state index contributed by atoms with van der Waals surface area (Å²) in [4.78, 5) is 15.7. The van der Waals surface area contributed by atoms with Gasteiger partial charge in [-0.25, -0.2) is 0 Å². The number of halogens is 2. The van der Waals surface area contributed by atoms with E-state index in [0.29, 0.717) is 6.04 Å². The molecule has 0 radical (unpaired) electrons. The van der Waals surface area contributed by atoms with Gasteiger partial charge in [0.25, 0.3) is 0 Å². The number of rotatable bonds is 3. The van der Waals surface area contributed by atoms with Crippen LogP contribution in [0.15, 0.2) is 30.3 Å². The van der Waals surface area contributed by atoms with E-state index in [1.807, 2.05) is 11.0 Å². The molecule has 1 fully saturated rings. The van der Waals surface area contributed by atoms with Gasteiger partial charge in [0, 0.05) is 32.2 Å². The van der Waals surface area contributed by atoms with Gasteiger partial charge < -0.3 is 4.90 Å². The number of piperazine rings is 1. The first-order chi connectivity index (χ1) is 8.72. The van der Waals surface area contributed by atoms with Crippen LogP contribution in [0.2, 0.25) is 0 Å². The summed E-state index contributed by atoms with van der Waals surface area (Å²) in [7, 11) is 0. The second-order valence-corrected chi connectivity index (χ2v) is 4.90. The average Bonchev–Trinajstić information content (AvgIpc) is 2.47. The Morgan fingerprint density at radius 3 is 2.32 bits per heavy atom. The van der Waals surface area contributed by atoms with Crippen LogP contribution < -0.4 is 0 Å². The Labute approximate surface area is 125 Å². The molecule has 2 rings (SSSR count). The third-order valence-electron chi connectivity index (χ3n) is 3.61. The first-order valence-corrected chi connectivity index (χ1v) is 6.88. The zero-order valence-corrected chi connectivity index (χ0v) is 12.7. The lowest BCUT2D eigenvalue weighted by Gasteiger charge is -2.38. The maximum Gasteiger partial charge on any atom is 0.237 e. The lowest BCUT2D eigenvalue weighted by molar-refractivity contribution is -0.130. The lowest BCUT2D eigenvalue weighted by atomic mass is 10.1. The van der Waals surface area contributed by atoms with Crippen molar-refractivity contribution in [3.05, 3.63) is 35.9 Å². The van der Waals surface area contributed by atoms with Crippen molar-refractivity contribution in [2.75, 3.05) is 32.1 Å². The van der Waals surface area contributed by atoms with E-state index in [1.54, 1.807) is 0 Å². The molecule has 0 aliphatic carbocycles. The van der Waals surface area contributed by atoms with Gasteiger partial charge in [0.15, 0.2) is 0 Å². The largest absolute Gasteiger partial charge is 0.339 e. The fraction of sp³-hybridized carbons (Fsp3) is 0.500. The van der Waals surface area contributed by atoms with Crippen molar-refractivity contribution < 1.29 is 4.79 Å². The summed E-state index contributed by atoms with van der Waals surface area (Å²) in [6.07, 6.45) is 0. The van der Waals surface area contributed by atoms with Crippen LogP contribution in [0.5, 0.6) is 0 Å². The molecule has 1 atom stereocenters. The van der Waals surface area contributed by atoms with E-state index in [-0.39, 0.29) is 24.2 Å². The molecule has 1 amide bonds. The Balaban J connectivity index is 0.00000180. The molecule has 0 aromatic heterocycles. The third kappa shape index (κ3) is 4.10. The van der Waals surface area contributed by atoms with Gasteiger partial charge in [-0.15, -0.1) is 24.0 Å². The van der Waals surface area contributed by atoms with Crippen molar-refractivity contribution in [2.45, 2.75) is 13.0 Å². The van der Waals surface area contributed by atoms with Crippen molar-refractivity contribution >= 4 is 29.9 Å². The molecule has 1 saturated heterocycles. The van der Waals surface area contributed by atoms with E-state index in [9.17, 15) is 4.79 Å². The summed E-state index contributed by atoms with van der Waals surface area (Å²) in [6.45, 7) is 5.61. The standard InChI is InChI=1S/C14H19ClN2O.ClH/c1-12(13-5-3-2-4-6-13)16-7-9-17(10-8-16)14(18)11-15;/h2-6,12H,7-11H2,1H3;1H. The number of hydrogen-bond acceptors (Lipinski definition) is 2. The Morgan fingerprint density at radius 2 is 1.79 bits per heavy atom. The van der Waals surface area contributed by atoms with Crippen LogP contribution >= 0.6 is 24.0 Å². The molecular formula is C14H20Cl2N2O. The van der Waals surface area contributed by atoms with Crippen LogP contribution in [0.3, 0.4) is 0 Å². The maximum absolute atomic E-state index is 11.5. The van der Waals surface area contributed by atoms with Gasteiger partial charge in [0.1, 0.15) is 5.88 Å². The number of carbonyl (C=O) groups excluding carboxylic acids is 1. The molecule has 1 aromatic carbocycles. The van der Waals surface area contributed by atoms with Crippen LogP contribution in [-0.4, -0.2) is 47.8 Å². The molecule has 1 aliphatic rings. The third-order valence-corrected chi connectivity index (χ3v) is 3.84. The van der Waals surface area contributed by atoms with Gasteiger partial charge in [-0.05, 0) is 12.5 Å². The predicted molar refractivity (Wildman–Crippen MR) is 81.0 cm³/mol. The number of nitrogens with zero attached hydrogens (tertiary/aromatic N) is 2. The average molecular weight is 303 g/mol. The monoisotopic (exact) mass is 302 g/mol. The van der Waals surface area contributed by atoms with E-state index in [4.69, 9.17) is 11.6 Å². The van der Waals surface area contributed by atoms with Crippen molar-refractivity contribution in [2.24, 2.45) is 0 Å². The Kier molecular flexibility index (Phi) is 6.63. The highest BCUT2D eigenvalue weighted by molar-refractivity contribution is 6.27. The number of alkyl halides is 1. The van der Waals surface area contributed by atoms with Gasteiger partial charge in [0.2, 0.25) is 5.91 Å². The van der Waals surface area contributed by atoms with Crippen LogP contribution in [0, 0.1) is 0 Å². The van der Waals surface area contributed by atoms with E-state index >= 15 is 0 Å². The number of amides is 1. The summed E-state index contributed by atoms with van der Waals surface area (Å²) in [5, 5.41) is 0. The van der Waals surface area contributed by atoms with Crippen LogP contribution in [0.1, 0.15) is 18.5 Å². The molecule has 3 nitrogen and oxygen atoms in total. The summed E-state index contributed by atoms with van der Waals surface area (Å²) in [6, 6.07) is 10.9. The summed E-state index contributed by atoms with van der Waals surface area (Å²) in [5.74, 6) is 0.137. The second-order valence-electron chi connectivity index (χ2n) is 4.64.